The summed E-state index contributed by atoms with van der Waals surface area (Å²) in [4.78, 5) is 21.4. The Morgan fingerprint density at radius 3 is 1.32 bits per heavy atom. The molecule has 0 bridgehead atoms. The van der Waals surface area contributed by atoms with Gasteiger partial charge in [-0.3, -0.25) is 0 Å². The van der Waals surface area contributed by atoms with Gasteiger partial charge in [-0.2, -0.15) is 0 Å². The number of hydrogen-bond acceptors (Lipinski definition) is 6. The van der Waals surface area contributed by atoms with E-state index in [1.165, 1.54) is 0 Å². The van der Waals surface area contributed by atoms with Crippen LogP contribution in [0, 0.1) is 0 Å². The van der Waals surface area contributed by atoms with Crippen LogP contribution in [0.1, 0.15) is 26.7 Å². The lowest BCUT2D eigenvalue weighted by Gasteiger charge is -2.06. The molecule has 0 atom stereocenters. The van der Waals surface area contributed by atoms with E-state index in [4.69, 9.17) is 18.9 Å². The smallest absolute Gasteiger partial charge is 0.330 e. The number of carbonyl (C=O) groups excluding carboxylic acids is 2. The molecule has 0 saturated carbocycles. The Morgan fingerprint density at radius 1 is 0.682 bits per heavy atom. The molecule has 0 aromatic rings. The highest BCUT2D eigenvalue weighted by molar-refractivity contribution is 5.81. The second-order valence-electron chi connectivity index (χ2n) is 4.03. The molecule has 0 aliphatic rings. The molecule has 128 valence electrons. The number of hydrogen-bond donors (Lipinski definition) is 0. The highest BCUT2D eigenvalue weighted by Gasteiger charge is 1.97. The summed E-state index contributed by atoms with van der Waals surface area (Å²) in [5.41, 5.74) is 0. The molecular weight excluding hydrogens is 288 g/mol. The summed E-state index contributed by atoms with van der Waals surface area (Å²) in [6.45, 7) is 9.56. The summed E-state index contributed by atoms with van der Waals surface area (Å²) in [7, 11) is 0. The Bertz CT molecular complexity index is 284. The molecule has 0 heterocycles. The van der Waals surface area contributed by atoms with Crippen LogP contribution >= 0.6 is 0 Å². The summed E-state index contributed by atoms with van der Waals surface area (Å²) in [6, 6.07) is 0. The Balaban J connectivity index is 0. The molecule has 0 amide bonds. The fraction of sp³-hybridized carbons (Fsp3) is 0.625. The van der Waals surface area contributed by atoms with Crippen molar-refractivity contribution in [3.05, 3.63) is 25.3 Å². The number of rotatable bonds is 14. The largest absolute Gasteiger partial charge is 0.462 e. The van der Waals surface area contributed by atoms with E-state index in [0.717, 1.165) is 18.6 Å². The molecule has 0 unspecified atom stereocenters. The number of carbonyl (C=O) groups is 2. The fourth-order valence-corrected chi connectivity index (χ4v) is 1.25. The first-order valence-electron chi connectivity index (χ1n) is 6.94. The third-order valence-electron chi connectivity index (χ3n) is 2.27. The van der Waals surface area contributed by atoms with Gasteiger partial charge in [-0.25, -0.2) is 9.59 Å². The fourth-order valence-electron chi connectivity index (χ4n) is 1.25. The molecule has 6 heteroatoms. The monoisotopic (exact) mass is 316 g/mol. The van der Waals surface area contributed by atoms with Crippen molar-refractivity contribution < 1.29 is 28.5 Å². The van der Waals surface area contributed by atoms with Crippen LogP contribution in [0.15, 0.2) is 25.3 Å². The molecule has 0 rings (SSSR count). The molecule has 0 aromatic carbocycles. The minimum atomic E-state index is -0.415. The first kappa shape index (κ1) is 22.6. The van der Waals surface area contributed by atoms with E-state index in [1.54, 1.807) is 0 Å². The van der Waals surface area contributed by atoms with Gasteiger partial charge in [0.1, 0.15) is 0 Å². The zero-order chi connectivity index (χ0) is 15.8. The molecule has 0 saturated heterocycles. The average molecular weight is 316 g/mol. The van der Waals surface area contributed by atoms with Crippen molar-refractivity contribution in [1.29, 1.82) is 0 Å². The van der Waals surface area contributed by atoms with Gasteiger partial charge in [0.2, 0.25) is 0 Å². The molecular formula is C16H28O6. The SMILES string of the molecule is C.C=CC(=O)OCCCOCCCOCCCOC(=O)C=C. The van der Waals surface area contributed by atoms with E-state index in [1.807, 2.05) is 0 Å². The van der Waals surface area contributed by atoms with Gasteiger partial charge in [0, 0.05) is 51.4 Å². The molecule has 0 aliphatic heterocycles. The Morgan fingerprint density at radius 2 is 1.00 bits per heavy atom. The lowest BCUT2D eigenvalue weighted by Crippen LogP contribution is -2.08. The third kappa shape index (κ3) is 16.4. The highest BCUT2D eigenvalue weighted by Crippen LogP contribution is 1.92. The van der Waals surface area contributed by atoms with Crippen molar-refractivity contribution in [2.75, 3.05) is 39.6 Å². The highest BCUT2D eigenvalue weighted by atomic mass is 16.5. The predicted molar refractivity (Wildman–Crippen MR) is 84.5 cm³/mol. The lowest BCUT2D eigenvalue weighted by atomic mass is 10.4. The van der Waals surface area contributed by atoms with Crippen LogP contribution in [-0.2, 0) is 28.5 Å². The molecule has 0 N–H and O–H groups in total. The zero-order valence-corrected chi connectivity index (χ0v) is 12.4. The summed E-state index contributed by atoms with van der Waals surface area (Å²) in [5.74, 6) is -0.829. The molecule has 0 aliphatic carbocycles. The first-order valence-corrected chi connectivity index (χ1v) is 6.94. The predicted octanol–water partition coefficient (Wildman–Crippen LogP) is 2.28. The topological polar surface area (TPSA) is 71.1 Å². The van der Waals surface area contributed by atoms with Gasteiger partial charge in [-0.1, -0.05) is 20.6 Å². The summed E-state index contributed by atoms with van der Waals surface area (Å²) >= 11 is 0. The van der Waals surface area contributed by atoms with Gasteiger partial charge >= 0.3 is 11.9 Å². The van der Waals surface area contributed by atoms with Gasteiger partial charge in [0.15, 0.2) is 0 Å². The standard InChI is InChI=1S/C15H24O6.CH4/c1-3-14(16)20-12-6-10-18-8-5-9-19-11-7-13-21-15(17)4-2;/h3-4H,1-2,5-13H2;1H4. The molecule has 0 fully saturated rings. The van der Waals surface area contributed by atoms with E-state index < -0.39 is 11.9 Å². The van der Waals surface area contributed by atoms with Crippen molar-refractivity contribution in [2.24, 2.45) is 0 Å². The zero-order valence-electron chi connectivity index (χ0n) is 12.4. The molecule has 0 radical (unpaired) electrons. The van der Waals surface area contributed by atoms with Gasteiger partial charge in [0.25, 0.3) is 0 Å². The van der Waals surface area contributed by atoms with Crippen LogP contribution in [-0.4, -0.2) is 51.6 Å². The van der Waals surface area contributed by atoms with E-state index in [2.05, 4.69) is 13.2 Å². The summed E-state index contributed by atoms with van der Waals surface area (Å²) in [5, 5.41) is 0. The number of ether oxygens (including phenoxy) is 4. The van der Waals surface area contributed by atoms with E-state index >= 15 is 0 Å². The van der Waals surface area contributed by atoms with Crippen molar-refractivity contribution in [3.8, 4) is 0 Å². The van der Waals surface area contributed by atoms with Gasteiger partial charge in [-0.05, 0) is 6.42 Å². The van der Waals surface area contributed by atoms with E-state index in [-0.39, 0.29) is 7.43 Å². The lowest BCUT2D eigenvalue weighted by molar-refractivity contribution is -0.139. The van der Waals surface area contributed by atoms with Crippen LogP contribution in [0.3, 0.4) is 0 Å². The molecule has 0 spiro atoms. The maximum absolute atomic E-state index is 10.7. The Hall–Kier alpha value is -1.66. The van der Waals surface area contributed by atoms with Crippen LogP contribution in [0.2, 0.25) is 0 Å². The maximum atomic E-state index is 10.7. The minimum absolute atomic E-state index is 0. The van der Waals surface area contributed by atoms with Crippen molar-refractivity contribution in [1.82, 2.24) is 0 Å². The van der Waals surface area contributed by atoms with Gasteiger partial charge in [-0.15, -0.1) is 0 Å². The quantitative estimate of drug-likeness (QED) is 0.278. The van der Waals surface area contributed by atoms with Crippen molar-refractivity contribution in [3.63, 3.8) is 0 Å². The van der Waals surface area contributed by atoms with E-state index in [9.17, 15) is 9.59 Å². The van der Waals surface area contributed by atoms with Crippen molar-refractivity contribution in [2.45, 2.75) is 26.7 Å². The third-order valence-corrected chi connectivity index (χ3v) is 2.27. The van der Waals surface area contributed by atoms with Gasteiger partial charge in [0.05, 0.1) is 13.2 Å². The normalized spacial score (nSPS) is 9.45. The Kier molecular flexibility index (Phi) is 17.9. The van der Waals surface area contributed by atoms with E-state index in [0.29, 0.717) is 52.5 Å². The van der Waals surface area contributed by atoms with Gasteiger partial charge < -0.3 is 18.9 Å². The molecule has 0 aromatic heterocycles. The van der Waals surface area contributed by atoms with Crippen LogP contribution < -0.4 is 0 Å². The maximum Gasteiger partial charge on any atom is 0.330 e. The first-order chi connectivity index (χ1) is 10.2. The Labute approximate surface area is 133 Å². The second-order valence-corrected chi connectivity index (χ2v) is 4.03. The van der Waals surface area contributed by atoms with Crippen molar-refractivity contribution >= 4 is 11.9 Å². The summed E-state index contributed by atoms with van der Waals surface area (Å²) in [6.07, 6.45) is 4.39. The minimum Gasteiger partial charge on any atom is -0.462 e. The van der Waals surface area contributed by atoms with Crippen LogP contribution in [0.25, 0.3) is 0 Å². The average Bonchev–Trinajstić information content (AvgIpc) is 2.51. The molecule has 6 nitrogen and oxygen atoms in total. The number of esters is 2. The van der Waals surface area contributed by atoms with Crippen LogP contribution in [0.4, 0.5) is 0 Å². The van der Waals surface area contributed by atoms with Crippen LogP contribution in [0.5, 0.6) is 0 Å². The molecule has 22 heavy (non-hydrogen) atoms. The second kappa shape index (κ2) is 17.4. The summed E-state index contributed by atoms with van der Waals surface area (Å²) < 4.78 is 20.3.